The second-order valence-corrected chi connectivity index (χ2v) is 4.72. The van der Waals surface area contributed by atoms with Gasteiger partial charge >= 0.3 is 5.97 Å². The van der Waals surface area contributed by atoms with E-state index in [1.54, 1.807) is 0 Å². The molecule has 15 heavy (non-hydrogen) atoms. The van der Waals surface area contributed by atoms with Crippen LogP contribution in [0.2, 0.25) is 0 Å². The molecule has 0 unspecified atom stereocenters. The zero-order chi connectivity index (χ0) is 11.8. The van der Waals surface area contributed by atoms with Crippen molar-refractivity contribution in [3.05, 3.63) is 0 Å². The molecular formula is C10H17NO4. The van der Waals surface area contributed by atoms with Crippen molar-refractivity contribution in [3.8, 4) is 0 Å². The Bertz CT molecular complexity index is 282. The van der Waals surface area contributed by atoms with Crippen LogP contribution in [0.3, 0.4) is 0 Å². The molecule has 1 aliphatic rings. The molecular weight excluding hydrogens is 198 g/mol. The van der Waals surface area contributed by atoms with Crippen molar-refractivity contribution in [2.75, 3.05) is 6.54 Å². The number of amides is 1. The van der Waals surface area contributed by atoms with Gasteiger partial charge < -0.3 is 14.7 Å². The molecule has 0 saturated carbocycles. The summed E-state index contributed by atoms with van der Waals surface area (Å²) < 4.78 is 5.55. The van der Waals surface area contributed by atoms with Crippen LogP contribution in [0, 0.1) is 0 Å². The molecule has 1 rings (SSSR count). The molecule has 0 radical (unpaired) electrons. The molecule has 1 N–H and O–H groups in total. The van der Waals surface area contributed by atoms with Gasteiger partial charge in [-0.25, -0.2) is 4.79 Å². The summed E-state index contributed by atoms with van der Waals surface area (Å²) in [6.45, 7) is 7.32. The lowest BCUT2D eigenvalue weighted by Crippen LogP contribution is -2.67. The Labute approximate surface area is 89.0 Å². The van der Waals surface area contributed by atoms with E-state index in [1.807, 2.05) is 20.8 Å². The van der Waals surface area contributed by atoms with Crippen molar-refractivity contribution >= 4 is 11.9 Å². The van der Waals surface area contributed by atoms with Crippen LogP contribution in [-0.2, 0) is 14.3 Å². The minimum Gasteiger partial charge on any atom is -0.480 e. The Morgan fingerprint density at radius 1 is 1.40 bits per heavy atom. The summed E-state index contributed by atoms with van der Waals surface area (Å²) >= 11 is 0. The van der Waals surface area contributed by atoms with Crippen LogP contribution < -0.4 is 0 Å². The molecule has 0 aliphatic carbocycles. The highest BCUT2D eigenvalue weighted by Crippen LogP contribution is 2.26. The van der Waals surface area contributed by atoms with Gasteiger partial charge in [-0.05, 0) is 20.8 Å². The molecule has 1 aliphatic heterocycles. The monoisotopic (exact) mass is 215 g/mol. The predicted molar refractivity (Wildman–Crippen MR) is 53.4 cm³/mol. The lowest BCUT2D eigenvalue weighted by molar-refractivity contribution is -0.189. The summed E-state index contributed by atoms with van der Waals surface area (Å²) in [4.78, 5) is 23.3. The third kappa shape index (κ3) is 2.68. The van der Waals surface area contributed by atoms with Crippen LogP contribution in [0.25, 0.3) is 0 Å². The van der Waals surface area contributed by atoms with Crippen LogP contribution >= 0.6 is 0 Å². The molecule has 86 valence electrons. The van der Waals surface area contributed by atoms with Crippen LogP contribution in [-0.4, -0.2) is 46.2 Å². The van der Waals surface area contributed by atoms with Crippen LogP contribution in [0.15, 0.2) is 0 Å². The van der Waals surface area contributed by atoms with Gasteiger partial charge in [0.1, 0.15) is 6.10 Å². The molecule has 2 atom stereocenters. The minimum absolute atomic E-state index is 0.226. The minimum atomic E-state index is -1.01. The third-order valence-electron chi connectivity index (χ3n) is 2.23. The highest BCUT2D eigenvalue weighted by Gasteiger charge is 2.47. The number of aliphatic carboxylic acids is 1. The van der Waals surface area contributed by atoms with Gasteiger partial charge in [0.15, 0.2) is 6.04 Å². The molecule has 0 aromatic heterocycles. The number of carboxylic acid groups (broad SMARTS) is 1. The SMILES string of the molecule is CC(=O)N1C[C@@H](OC(C)(C)C)[C@H]1C(=O)O. The van der Waals surface area contributed by atoms with Gasteiger partial charge in [0.05, 0.1) is 12.1 Å². The number of rotatable bonds is 2. The van der Waals surface area contributed by atoms with Crippen molar-refractivity contribution < 1.29 is 19.4 Å². The fraction of sp³-hybridized carbons (Fsp3) is 0.800. The zero-order valence-electron chi connectivity index (χ0n) is 9.48. The molecule has 5 nitrogen and oxygen atoms in total. The maximum absolute atomic E-state index is 11.1. The number of carbonyl (C=O) groups is 2. The largest absolute Gasteiger partial charge is 0.480 e. The number of likely N-dealkylation sites (tertiary alicyclic amines) is 1. The van der Waals surface area contributed by atoms with Crippen molar-refractivity contribution in [3.63, 3.8) is 0 Å². The number of hydrogen-bond donors (Lipinski definition) is 1. The van der Waals surface area contributed by atoms with E-state index < -0.39 is 18.1 Å². The van der Waals surface area contributed by atoms with E-state index in [-0.39, 0.29) is 11.5 Å². The van der Waals surface area contributed by atoms with Gasteiger partial charge in [0.2, 0.25) is 5.91 Å². The van der Waals surface area contributed by atoms with Crippen LogP contribution in [0.4, 0.5) is 0 Å². The molecule has 1 saturated heterocycles. The Balaban J connectivity index is 2.64. The molecule has 0 aromatic carbocycles. The Hall–Kier alpha value is -1.10. The average Bonchev–Trinajstić information content (AvgIpc) is 1.92. The van der Waals surface area contributed by atoms with E-state index in [4.69, 9.17) is 9.84 Å². The van der Waals surface area contributed by atoms with Gasteiger partial charge in [0, 0.05) is 6.92 Å². The first kappa shape index (κ1) is 12.0. The van der Waals surface area contributed by atoms with Crippen molar-refractivity contribution in [2.24, 2.45) is 0 Å². The van der Waals surface area contributed by atoms with E-state index in [0.717, 1.165) is 0 Å². The molecule has 0 bridgehead atoms. The fourth-order valence-electron chi connectivity index (χ4n) is 1.64. The second-order valence-electron chi connectivity index (χ2n) is 4.72. The summed E-state index contributed by atoms with van der Waals surface area (Å²) in [5, 5.41) is 8.95. The van der Waals surface area contributed by atoms with Gasteiger partial charge in [-0.2, -0.15) is 0 Å². The number of ether oxygens (including phenoxy) is 1. The van der Waals surface area contributed by atoms with Crippen LogP contribution in [0.1, 0.15) is 27.7 Å². The van der Waals surface area contributed by atoms with E-state index >= 15 is 0 Å². The summed E-state index contributed by atoms with van der Waals surface area (Å²) in [5.74, 6) is -1.23. The lowest BCUT2D eigenvalue weighted by atomic mass is 9.98. The highest BCUT2D eigenvalue weighted by molar-refractivity contribution is 5.85. The molecule has 5 heteroatoms. The standard InChI is InChI=1S/C10H17NO4/c1-6(12)11-5-7(8(11)9(13)14)15-10(2,3)4/h7-8H,5H2,1-4H3,(H,13,14)/t7-,8+/m1/s1. The molecule has 0 spiro atoms. The van der Waals surface area contributed by atoms with Crippen LogP contribution in [0.5, 0.6) is 0 Å². The normalized spacial score (nSPS) is 26.0. The quantitative estimate of drug-likeness (QED) is 0.727. The highest BCUT2D eigenvalue weighted by atomic mass is 16.5. The van der Waals surface area contributed by atoms with Crippen molar-refractivity contribution in [1.29, 1.82) is 0 Å². The van der Waals surface area contributed by atoms with Gasteiger partial charge in [-0.15, -0.1) is 0 Å². The van der Waals surface area contributed by atoms with E-state index in [2.05, 4.69) is 0 Å². The summed E-state index contributed by atoms with van der Waals surface area (Å²) in [5.41, 5.74) is -0.388. The number of carbonyl (C=O) groups excluding carboxylic acids is 1. The van der Waals surface area contributed by atoms with E-state index in [9.17, 15) is 9.59 Å². The summed E-state index contributed by atoms with van der Waals surface area (Å²) in [6, 6.07) is -0.832. The number of nitrogens with zero attached hydrogens (tertiary/aromatic N) is 1. The Morgan fingerprint density at radius 3 is 2.27 bits per heavy atom. The van der Waals surface area contributed by atoms with E-state index in [0.29, 0.717) is 6.54 Å². The molecule has 1 fully saturated rings. The first-order valence-corrected chi connectivity index (χ1v) is 4.90. The zero-order valence-corrected chi connectivity index (χ0v) is 9.48. The Morgan fingerprint density at radius 2 is 1.93 bits per heavy atom. The second kappa shape index (κ2) is 3.81. The predicted octanol–water partition coefficient (Wildman–Crippen LogP) is 0.485. The summed E-state index contributed by atoms with van der Waals surface area (Å²) in [7, 11) is 0. The van der Waals surface area contributed by atoms with Gasteiger partial charge in [0.25, 0.3) is 0 Å². The number of hydrogen-bond acceptors (Lipinski definition) is 3. The molecule has 1 amide bonds. The lowest BCUT2D eigenvalue weighted by Gasteiger charge is -2.46. The third-order valence-corrected chi connectivity index (χ3v) is 2.23. The van der Waals surface area contributed by atoms with E-state index in [1.165, 1.54) is 11.8 Å². The summed E-state index contributed by atoms with van der Waals surface area (Å²) in [6.07, 6.45) is -0.397. The maximum Gasteiger partial charge on any atom is 0.329 e. The first-order valence-electron chi connectivity index (χ1n) is 4.90. The topological polar surface area (TPSA) is 66.8 Å². The smallest absolute Gasteiger partial charge is 0.329 e. The number of carboxylic acids is 1. The molecule has 1 heterocycles. The average molecular weight is 215 g/mol. The van der Waals surface area contributed by atoms with Crippen molar-refractivity contribution in [2.45, 2.75) is 45.4 Å². The fourth-order valence-corrected chi connectivity index (χ4v) is 1.64. The first-order chi connectivity index (χ1) is 6.72. The maximum atomic E-state index is 11.1. The Kier molecular flexibility index (Phi) is 3.04. The van der Waals surface area contributed by atoms with Gasteiger partial charge in [-0.1, -0.05) is 0 Å². The van der Waals surface area contributed by atoms with Crippen molar-refractivity contribution in [1.82, 2.24) is 4.90 Å². The van der Waals surface area contributed by atoms with Gasteiger partial charge in [-0.3, -0.25) is 4.79 Å². The molecule has 0 aromatic rings.